The van der Waals surface area contributed by atoms with Crippen molar-refractivity contribution in [2.45, 2.75) is 46.3 Å². The first-order valence-electron chi connectivity index (χ1n) is 6.93. The van der Waals surface area contributed by atoms with E-state index in [1.165, 1.54) is 0 Å². The van der Waals surface area contributed by atoms with E-state index in [2.05, 4.69) is 13.8 Å². The van der Waals surface area contributed by atoms with Gasteiger partial charge in [-0.05, 0) is 24.8 Å². The Morgan fingerprint density at radius 1 is 1.21 bits per heavy atom. The van der Waals surface area contributed by atoms with E-state index in [0.717, 1.165) is 12.0 Å². The van der Waals surface area contributed by atoms with Crippen molar-refractivity contribution in [2.75, 3.05) is 6.61 Å². The van der Waals surface area contributed by atoms with Gasteiger partial charge < -0.3 is 9.47 Å². The van der Waals surface area contributed by atoms with Crippen molar-refractivity contribution in [3.8, 4) is 0 Å². The summed E-state index contributed by atoms with van der Waals surface area (Å²) in [5, 5.41) is 0. The maximum atomic E-state index is 11.5. The Morgan fingerprint density at radius 2 is 1.89 bits per heavy atom. The Kier molecular flexibility index (Phi) is 7.19. The Bertz CT molecular complexity index is 360. The lowest BCUT2D eigenvalue weighted by molar-refractivity contribution is -0.146. The number of benzene rings is 1. The maximum absolute atomic E-state index is 11.5. The minimum Gasteiger partial charge on any atom is -0.466 e. The van der Waals surface area contributed by atoms with Crippen molar-refractivity contribution in [3.63, 3.8) is 0 Å². The summed E-state index contributed by atoms with van der Waals surface area (Å²) in [5.74, 6) is 0.316. The third kappa shape index (κ3) is 6.97. The fraction of sp³-hybridized carbons (Fsp3) is 0.562. The van der Waals surface area contributed by atoms with Crippen LogP contribution >= 0.6 is 0 Å². The van der Waals surface area contributed by atoms with Gasteiger partial charge in [-0.2, -0.15) is 0 Å². The van der Waals surface area contributed by atoms with Gasteiger partial charge in [-0.1, -0.05) is 44.2 Å². The van der Waals surface area contributed by atoms with Crippen LogP contribution in [0.3, 0.4) is 0 Å². The van der Waals surface area contributed by atoms with Crippen LogP contribution in [0.5, 0.6) is 0 Å². The van der Waals surface area contributed by atoms with Gasteiger partial charge in [0.2, 0.25) is 0 Å². The third-order valence-electron chi connectivity index (χ3n) is 2.76. The first-order chi connectivity index (χ1) is 9.11. The molecule has 0 saturated carbocycles. The molecule has 0 aromatic heterocycles. The number of hydrogen-bond acceptors (Lipinski definition) is 3. The van der Waals surface area contributed by atoms with E-state index in [1.807, 2.05) is 37.3 Å². The van der Waals surface area contributed by atoms with Gasteiger partial charge in [0.1, 0.15) is 0 Å². The molecule has 0 aliphatic rings. The molecule has 3 nitrogen and oxygen atoms in total. The van der Waals surface area contributed by atoms with E-state index in [-0.39, 0.29) is 12.1 Å². The fourth-order valence-corrected chi connectivity index (χ4v) is 1.93. The predicted octanol–water partition coefficient (Wildman–Crippen LogP) is 3.57. The molecular formula is C16H24O3. The molecule has 19 heavy (non-hydrogen) atoms. The first kappa shape index (κ1) is 15.7. The standard InChI is InChI=1S/C16H24O3/c1-4-18-16(17)11-15(10-13(2)3)19-12-14-8-6-5-7-9-14/h5-9,13,15H,4,10-12H2,1-3H3/t15-/m1/s1. The van der Waals surface area contributed by atoms with E-state index in [4.69, 9.17) is 9.47 Å². The van der Waals surface area contributed by atoms with E-state index < -0.39 is 0 Å². The van der Waals surface area contributed by atoms with Crippen molar-refractivity contribution in [1.82, 2.24) is 0 Å². The lowest BCUT2D eigenvalue weighted by atomic mass is 10.0. The molecule has 0 amide bonds. The van der Waals surface area contributed by atoms with Crippen LogP contribution < -0.4 is 0 Å². The van der Waals surface area contributed by atoms with Crippen LogP contribution in [0.2, 0.25) is 0 Å². The molecule has 0 radical (unpaired) electrons. The third-order valence-corrected chi connectivity index (χ3v) is 2.76. The van der Waals surface area contributed by atoms with Gasteiger partial charge in [-0.25, -0.2) is 0 Å². The zero-order valence-electron chi connectivity index (χ0n) is 12.1. The highest BCUT2D eigenvalue weighted by Gasteiger charge is 2.17. The smallest absolute Gasteiger partial charge is 0.308 e. The van der Waals surface area contributed by atoms with Gasteiger partial charge in [-0.15, -0.1) is 0 Å². The largest absolute Gasteiger partial charge is 0.466 e. The number of hydrogen-bond donors (Lipinski definition) is 0. The molecule has 0 fully saturated rings. The van der Waals surface area contributed by atoms with Gasteiger partial charge >= 0.3 is 5.97 Å². The molecule has 3 heteroatoms. The van der Waals surface area contributed by atoms with E-state index in [0.29, 0.717) is 25.6 Å². The molecular weight excluding hydrogens is 240 g/mol. The number of esters is 1. The zero-order valence-corrected chi connectivity index (χ0v) is 12.1. The van der Waals surface area contributed by atoms with Crippen LogP contribution in [-0.4, -0.2) is 18.7 Å². The number of carbonyl (C=O) groups excluding carboxylic acids is 1. The molecule has 1 rings (SSSR count). The van der Waals surface area contributed by atoms with Gasteiger partial charge in [0.25, 0.3) is 0 Å². The second kappa shape index (κ2) is 8.70. The second-order valence-corrected chi connectivity index (χ2v) is 5.06. The molecule has 0 N–H and O–H groups in total. The number of carbonyl (C=O) groups is 1. The normalized spacial score (nSPS) is 12.4. The average Bonchev–Trinajstić information content (AvgIpc) is 2.37. The van der Waals surface area contributed by atoms with E-state index in [9.17, 15) is 4.79 Å². The van der Waals surface area contributed by atoms with Gasteiger partial charge in [0, 0.05) is 0 Å². The van der Waals surface area contributed by atoms with Crippen molar-refractivity contribution in [3.05, 3.63) is 35.9 Å². The van der Waals surface area contributed by atoms with Crippen LogP contribution in [0, 0.1) is 5.92 Å². The van der Waals surface area contributed by atoms with E-state index >= 15 is 0 Å². The summed E-state index contributed by atoms with van der Waals surface area (Å²) in [6, 6.07) is 10.0. The fourth-order valence-electron chi connectivity index (χ4n) is 1.93. The van der Waals surface area contributed by atoms with Crippen LogP contribution in [0.25, 0.3) is 0 Å². The molecule has 0 saturated heterocycles. The summed E-state index contributed by atoms with van der Waals surface area (Å²) in [5.41, 5.74) is 1.13. The summed E-state index contributed by atoms with van der Waals surface area (Å²) in [6.45, 7) is 7.04. The highest BCUT2D eigenvalue weighted by molar-refractivity contribution is 5.69. The Balaban J connectivity index is 2.47. The lowest BCUT2D eigenvalue weighted by Gasteiger charge is -2.19. The van der Waals surface area contributed by atoms with E-state index in [1.54, 1.807) is 0 Å². The topological polar surface area (TPSA) is 35.5 Å². The zero-order chi connectivity index (χ0) is 14.1. The van der Waals surface area contributed by atoms with Gasteiger partial charge in [0.15, 0.2) is 0 Å². The minimum atomic E-state index is -0.179. The van der Waals surface area contributed by atoms with Crippen LogP contribution in [0.1, 0.15) is 39.2 Å². The van der Waals surface area contributed by atoms with Crippen LogP contribution in [0.15, 0.2) is 30.3 Å². The summed E-state index contributed by atoms with van der Waals surface area (Å²) in [6.07, 6.45) is 1.13. The number of rotatable bonds is 8. The molecule has 106 valence electrons. The van der Waals surface area contributed by atoms with Crippen LogP contribution in [-0.2, 0) is 20.9 Å². The average molecular weight is 264 g/mol. The van der Waals surface area contributed by atoms with Gasteiger partial charge in [0.05, 0.1) is 25.7 Å². The highest BCUT2D eigenvalue weighted by atomic mass is 16.5. The summed E-state index contributed by atoms with van der Waals surface area (Å²) in [7, 11) is 0. The molecule has 0 heterocycles. The monoisotopic (exact) mass is 264 g/mol. The summed E-state index contributed by atoms with van der Waals surface area (Å²) < 4.78 is 10.8. The Hall–Kier alpha value is -1.35. The predicted molar refractivity (Wildman–Crippen MR) is 75.7 cm³/mol. The second-order valence-electron chi connectivity index (χ2n) is 5.06. The molecule has 0 unspecified atom stereocenters. The van der Waals surface area contributed by atoms with Crippen molar-refractivity contribution < 1.29 is 14.3 Å². The van der Waals surface area contributed by atoms with Gasteiger partial charge in [-0.3, -0.25) is 4.79 Å². The van der Waals surface area contributed by atoms with Crippen molar-refractivity contribution in [1.29, 1.82) is 0 Å². The highest BCUT2D eigenvalue weighted by Crippen LogP contribution is 2.15. The van der Waals surface area contributed by atoms with Crippen molar-refractivity contribution in [2.24, 2.45) is 5.92 Å². The molecule has 0 spiro atoms. The maximum Gasteiger partial charge on any atom is 0.308 e. The SMILES string of the molecule is CCOC(=O)C[C@@H](CC(C)C)OCc1ccccc1. The van der Waals surface area contributed by atoms with Crippen LogP contribution in [0.4, 0.5) is 0 Å². The first-order valence-corrected chi connectivity index (χ1v) is 6.93. The summed E-state index contributed by atoms with van der Waals surface area (Å²) >= 11 is 0. The Labute approximate surface area is 115 Å². The molecule has 1 atom stereocenters. The molecule has 1 aromatic rings. The quantitative estimate of drug-likeness (QED) is 0.673. The number of ether oxygens (including phenoxy) is 2. The molecule has 0 bridgehead atoms. The molecule has 1 aromatic carbocycles. The Morgan fingerprint density at radius 3 is 2.47 bits per heavy atom. The molecule has 0 aliphatic carbocycles. The summed E-state index contributed by atoms with van der Waals surface area (Å²) in [4.78, 5) is 11.5. The molecule has 0 aliphatic heterocycles. The van der Waals surface area contributed by atoms with Crippen molar-refractivity contribution >= 4 is 5.97 Å². The lowest BCUT2D eigenvalue weighted by Crippen LogP contribution is -2.21. The minimum absolute atomic E-state index is 0.0701.